The Morgan fingerprint density at radius 3 is 2.35 bits per heavy atom. The van der Waals surface area contributed by atoms with Crippen LogP contribution in [0.1, 0.15) is 42.6 Å². The van der Waals surface area contributed by atoms with Crippen LogP contribution in [0.3, 0.4) is 0 Å². The number of aliphatic carboxylic acids is 1. The fraction of sp³-hybridized carbons (Fsp3) is 0.280. The maximum atomic E-state index is 13.0. The number of benzene rings is 2. The van der Waals surface area contributed by atoms with Crippen LogP contribution in [-0.4, -0.2) is 39.5 Å². The van der Waals surface area contributed by atoms with E-state index in [1.807, 2.05) is 31.4 Å². The highest BCUT2D eigenvalue weighted by molar-refractivity contribution is 7.13. The molecule has 2 aromatic carbocycles. The van der Waals surface area contributed by atoms with Crippen molar-refractivity contribution in [2.75, 3.05) is 0 Å². The zero-order valence-electron chi connectivity index (χ0n) is 18.9. The topological polar surface area (TPSA) is 108 Å². The fourth-order valence-electron chi connectivity index (χ4n) is 3.49. The Morgan fingerprint density at radius 1 is 1.09 bits per heavy atom. The van der Waals surface area contributed by atoms with Crippen LogP contribution in [0.4, 0.5) is 0 Å². The van der Waals surface area contributed by atoms with Crippen LogP contribution in [0, 0.1) is 0 Å². The summed E-state index contributed by atoms with van der Waals surface area (Å²) < 4.78 is 0. The average molecular weight is 500 g/mol. The highest BCUT2D eigenvalue weighted by atomic mass is 35.5. The standard InChI is InChI=1S/C25H26ClN3O4S/c1-25(2,15-16-3-9-19(26)10-4-16)29-23(33)20(11-12-21(30)31)28-22(32)17-5-7-18(8-6-17)24-27-13-14-34-24/h3-10,13-14,20H,11-12,15H2,1-2H3,(H,28,32)(H,29,33)(H,30,31)/t20-/m0/s1. The van der Waals surface area contributed by atoms with Crippen LogP contribution in [0.2, 0.25) is 5.02 Å². The van der Waals surface area contributed by atoms with Gasteiger partial charge in [-0.25, -0.2) is 4.98 Å². The van der Waals surface area contributed by atoms with Gasteiger partial charge >= 0.3 is 5.97 Å². The first kappa shape index (κ1) is 25.4. The van der Waals surface area contributed by atoms with Gasteiger partial charge in [-0.05, 0) is 56.5 Å². The Kier molecular flexibility index (Phi) is 8.41. The number of halogens is 1. The molecule has 1 aromatic heterocycles. The molecule has 3 rings (SSSR count). The number of amides is 2. The number of rotatable bonds is 10. The molecule has 0 aliphatic carbocycles. The molecular weight excluding hydrogens is 474 g/mol. The second-order valence-corrected chi connectivity index (χ2v) is 9.88. The van der Waals surface area contributed by atoms with E-state index in [2.05, 4.69) is 15.6 Å². The minimum absolute atomic E-state index is 0.0267. The Bertz CT molecular complexity index is 1130. The number of nitrogens with zero attached hydrogens (tertiary/aromatic N) is 1. The predicted molar refractivity (Wildman–Crippen MR) is 133 cm³/mol. The molecule has 7 nitrogen and oxygen atoms in total. The molecular formula is C25H26ClN3O4S. The van der Waals surface area contributed by atoms with E-state index in [0.717, 1.165) is 16.1 Å². The van der Waals surface area contributed by atoms with Crippen LogP contribution < -0.4 is 10.6 Å². The predicted octanol–water partition coefficient (Wildman–Crippen LogP) is 4.56. The molecule has 1 atom stereocenters. The van der Waals surface area contributed by atoms with Gasteiger partial charge in [-0.2, -0.15) is 0 Å². The van der Waals surface area contributed by atoms with Gasteiger partial charge in [0.15, 0.2) is 0 Å². The van der Waals surface area contributed by atoms with Crippen LogP contribution in [-0.2, 0) is 16.0 Å². The van der Waals surface area contributed by atoms with E-state index in [1.165, 1.54) is 11.3 Å². The second kappa shape index (κ2) is 11.3. The van der Waals surface area contributed by atoms with E-state index in [0.29, 0.717) is 17.0 Å². The monoisotopic (exact) mass is 499 g/mol. The van der Waals surface area contributed by atoms with E-state index >= 15 is 0 Å². The molecule has 9 heteroatoms. The molecule has 34 heavy (non-hydrogen) atoms. The van der Waals surface area contributed by atoms with Gasteiger partial charge in [0.2, 0.25) is 5.91 Å². The van der Waals surface area contributed by atoms with Crippen LogP contribution in [0.25, 0.3) is 10.6 Å². The molecule has 0 bridgehead atoms. The molecule has 0 aliphatic heterocycles. The lowest BCUT2D eigenvalue weighted by Gasteiger charge is -2.29. The number of carbonyl (C=O) groups is 3. The lowest BCUT2D eigenvalue weighted by Crippen LogP contribution is -2.54. The molecule has 0 saturated carbocycles. The molecule has 3 aromatic rings. The third-order valence-electron chi connectivity index (χ3n) is 5.12. The summed E-state index contributed by atoms with van der Waals surface area (Å²) in [5.41, 5.74) is 1.61. The molecule has 0 spiro atoms. The van der Waals surface area contributed by atoms with Crippen molar-refractivity contribution in [1.82, 2.24) is 15.6 Å². The first-order chi connectivity index (χ1) is 16.1. The number of hydrogen-bond donors (Lipinski definition) is 3. The van der Waals surface area contributed by atoms with E-state index in [1.54, 1.807) is 42.6 Å². The zero-order chi connectivity index (χ0) is 24.7. The second-order valence-electron chi connectivity index (χ2n) is 8.55. The van der Waals surface area contributed by atoms with Crippen molar-refractivity contribution in [3.05, 3.63) is 76.3 Å². The Morgan fingerprint density at radius 2 is 1.76 bits per heavy atom. The van der Waals surface area contributed by atoms with Crippen LogP contribution in [0.15, 0.2) is 60.1 Å². The lowest BCUT2D eigenvalue weighted by molar-refractivity contribution is -0.137. The van der Waals surface area contributed by atoms with Crippen molar-refractivity contribution >= 4 is 40.7 Å². The lowest BCUT2D eigenvalue weighted by atomic mass is 9.94. The smallest absolute Gasteiger partial charge is 0.303 e. The average Bonchev–Trinajstić information content (AvgIpc) is 3.32. The minimum atomic E-state index is -1.04. The van der Waals surface area contributed by atoms with Gasteiger partial charge in [-0.15, -0.1) is 11.3 Å². The maximum absolute atomic E-state index is 13.0. The molecule has 1 heterocycles. The molecule has 178 valence electrons. The number of thiazole rings is 1. The quantitative estimate of drug-likeness (QED) is 0.379. The van der Waals surface area contributed by atoms with Gasteiger partial charge in [0.05, 0.1) is 0 Å². The van der Waals surface area contributed by atoms with Crippen molar-refractivity contribution in [2.45, 2.75) is 44.7 Å². The number of carboxylic acids is 1. The third-order valence-corrected chi connectivity index (χ3v) is 6.19. The Balaban J connectivity index is 1.68. The van der Waals surface area contributed by atoms with Gasteiger partial charge in [0.25, 0.3) is 5.91 Å². The van der Waals surface area contributed by atoms with Crippen molar-refractivity contribution in [3.8, 4) is 10.6 Å². The summed E-state index contributed by atoms with van der Waals surface area (Å²) in [6.45, 7) is 3.74. The van der Waals surface area contributed by atoms with E-state index < -0.39 is 29.4 Å². The van der Waals surface area contributed by atoms with Gasteiger partial charge in [0, 0.05) is 39.7 Å². The van der Waals surface area contributed by atoms with Gasteiger partial charge in [-0.1, -0.05) is 35.9 Å². The number of nitrogens with one attached hydrogen (secondary N) is 2. The molecule has 0 radical (unpaired) electrons. The summed E-state index contributed by atoms with van der Waals surface area (Å²) in [6, 6.07) is 13.2. The molecule has 0 unspecified atom stereocenters. The van der Waals surface area contributed by atoms with Crippen molar-refractivity contribution < 1.29 is 19.5 Å². The SMILES string of the molecule is CC(C)(Cc1ccc(Cl)cc1)NC(=O)[C@H](CCC(=O)O)NC(=O)c1ccc(-c2nccs2)cc1. The van der Waals surface area contributed by atoms with Gasteiger partial charge in [-0.3, -0.25) is 14.4 Å². The first-order valence-electron chi connectivity index (χ1n) is 10.7. The van der Waals surface area contributed by atoms with E-state index in [9.17, 15) is 14.4 Å². The fourth-order valence-corrected chi connectivity index (χ4v) is 4.26. The van der Waals surface area contributed by atoms with Crippen molar-refractivity contribution in [1.29, 1.82) is 0 Å². The number of carbonyl (C=O) groups excluding carboxylic acids is 2. The summed E-state index contributed by atoms with van der Waals surface area (Å²) in [7, 11) is 0. The zero-order valence-corrected chi connectivity index (χ0v) is 20.4. The van der Waals surface area contributed by atoms with E-state index in [4.69, 9.17) is 16.7 Å². The van der Waals surface area contributed by atoms with Crippen LogP contribution >= 0.6 is 22.9 Å². The molecule has 3 N–H and O–H groups in total. The highest BCUT2D eigenvalue weighted by Crippen LogP contribution is 2.22. The summed E-state index contributed by atoms with van der Waals surface area (Å²) in [5.74, 6) is -1.93. The summed E-state index contributed by atoms with van der Waals surface area (Å²) in [4.78, 5) is 41.2. The molecule has 0 fully saturated rings. The van der Waals surface area contributed by atoms with Crippen LogP contribution in [0.5, 0.6) is 0 Å². The molecule has 0 saturated heterocycles. The Labute approximate surface area is 207 Å². The normalized spacial score (nSPS) is 12.1. The first-order valence-corrected chi connectivity index (χ1v) is 12.0. The largest absolute Gasteiger partial charge is 0.481 e. The molecule has 0 aliphatic rings. The highest BCUT2D eigenvalue weighted by Gasteiger charge is 2.28. The number of carboxylic acid groups (broad SMARTS) is 1. The van der Waals surface area contributed by atoms with Crippen molar-refractivity contribution in [3.63, 3.8) is 0 Å². The Hall–Kier alpha value is -3.23. The van der Waals surface area contributed by atoms with E-state index in [-0.39, 0.29) is 12.8 Å². The van der Waals surface area contributed by atoms with Crippen molar-refractivity contribution in [2.24, 2.45) is 0 Å². The summed E-state index contributed by atoms with van der Waals surface area (Å²) >= 11 is 7.44. The van der Waals surface area contributed by atoms with Gasteiger partial charge < -0.3 is 15.7 Å². The third kappa shape index (κ3) is 7.40. The number of hydrogen-bond acceptors (Lipinski definition) is 5. The molecule has 2 amide bonds. The number of aromatic nitrogens is 1. The maximum Gasteiger partial charge on any atom is 0.303 e. The van der Waals surface area contributed by atoms with Gasteiger partial charge in [0.1, 0.15) is 11.0 Å². The summed E-state index contributed by atoms with van der Waals surface area (Å²) in [5, 5.41) is 18.1. The summed E-state index contributed by atoms with van der Waals surface area (Å²) in [6.07, 6.45) is 1.97. The minimum Gasteiger partial charge on any atom is -0.481 e.